The van der Waals surface area contributed by atoms with Gasteiger partial charge in [0.2, 0.25) is 0 Å². The average Bonchev–Trinajstić information content (AvgIpc) is 2.94. The molecule has 116 valence electrons. The lowest BCUT2D eigenvalue weighted by molar-refractivity contribution is -0.142. The highest BCUT2D eigenvalue weighted by molar-refractivity contribution is 5.70. The Kier molecular flexibility index (Phi) is 5.80. The third-order valence-corrected chi connectivity index (χ3v) is 4.68. The van der Waals surface area contributed by atoms with Gasteiger partial charge in [-0.3, -0.25) is 4.79 Å². The molecular formula is C18H27NO2. The van der Waals surface area contributed by atoms with E-state index >= 15 is 0 Å². The summed E-state index contributed by atoms with van der Waals surface area (Å²) in [4.78, 5) is 11.2. The average molecular weight is 289 g/mol. The predicted octanol–water partition coefficient (Wildman–Crippen LogP) is 3.79. The molecule has 0 heterocycles. The van der Waals surface area contributed by atoms with Crippen molar-refractivity contribution < 1.29 is 9.90 Å². The summed E-state index contributed by atoms with van der Waals surface area (Å²) < 4.78 is 0. The molecule has 2 rings (SSSR count). The van der Waals surface area contributed by atoms with E-state index < -0.39 is 5.97 Å². The molecule has 21 heavy (non-hydrogen) atoms. The van der Waals surface area contributed by atoms with E-state index in [2.05, 4.69) is 43.4 Å². The third kappa shape index (κ3) is 4.31. The summed E-state index contributed by atoms with van der Waals surface area (Å²) in [5, 5.41) is 12.7. The molecule has 0 aromatic heterocycles. The molecule has 1 saturated carbocycles. The fraction of sp³-hybridized carbons (Fsp3) is 0.611. The Bertz CT molecular complexity index is 455. The highest BCUT2D eigenvalue weighted by Crippen LogP contribution is 2.31. The standard InChI is InChI=1S/C18H27NO2/c1-3-5-14-8-10-15(11-9-14)13(2)19-12-16-6-4-7-17(16)18(20)21/h8-11,13,16-17,19H,3-7,12H2,1-2H3,(H,20,21). The largest absolute Gasteiger partial charge is 0.481 e. The molecule has 0 radical (unpaired) electrons. The second-order valence-corrected chi connectivity index (χ2v) is 6.26. The lowest BCUT2D eigenvalue weighted by Crippen LogP contribution is -2.30. The third-order valence-electron chi connectivity index (χ3n) is 4.68. The van der Waals surface area contributed by atoms with E-state index in [1.807, 2.05) is 0 Å². The van der Waals surface area contributed by atoms with Crippen LogP contribution < -0.4 is 5.32 Å². The van der Waals surface area contributed by atoms with Gasteiger partial charge in [0.1, 0.15) is 0 Å². The van der Waals surface area contributed by atoms with Crippen LogP contribution in [0.2, 0.25) is 0 Å². The van der Waals surface area contributed by atoms with Crippen LogP contribution >= 0.6 is 0 Å². The van der Waals surface area contributed by atoms with Gasteiger partial charge in [0.25, 0.3) is 0 Å². The first-order valence-electron chi connectivity index (χ1n) is 8.16. The van der Waals surface area contributed by atoms with Gasteiger partial charge in [0.05, 0.1) is 5.92 Å². The van der Waals surface area contributed by atoms with Crippen molar-refractivity contribution in [3.8, 4) is 0 Å². The van der Waals surface area contributed by atoms with Crippen molar-refractivity contribution in [2.45, 2.75) is 52.0 Å². The van der Waals surface area contributed by atoms with E-state index in [1.54, 1.807) is 0 Å². The number of hydrogen-bond donors (Lipinski definition) is 2. The minimum Gasteiger partial charge on any atom is -0.481 e. The molecule has 1 aromatic carbocycles. The lowest BCUT2D eigenvalue weighted by atomic mass is 9.95. The van der Waals surface area contributed by atoms with Crippen molar-refractivity contribution in [3.05, 3.63) is 35.4 Å². The summed E-state index contributed by atoms with van der Waals surface area (Å²) in [5.41, 5.74) is 2.66. The minimum atomic E-state index is -0.629. The van der Waals surface area contributed by atoms with Crippen LogP contribution in [-0.4, -0.2) is 17.6 Å². The molecule has 0 amide bonds. The number of aryl methyl sites for hydroxylation is 1. The second-order valence-electron chi connectivity index (χ2n) is 6.26. The number of rotatable bonds is 7. The zero-order valence-corrected chi connectivity index (χ0v) is 13.1. The molecule has 1 aliphatic rings. The van der Waals surface area contributed by atoms with Crippen molar-refractivity contribution in [3.63, 3.8) is 0 Å². The fourth-order valence-electron chi connectivity index (χ4n) is 3.31. The maximum Gasteiger partial charge on any atom is 0.306 e. The van der Waals surface area contributed by atoms with Crippen molar-refractivity contribution in [2.75, 3.05) is 6.54 Å². The van der Waals surface area contributed by atoms with Crippen molar-refractivity contribution >= 4 is 5.97 Å². The van der Waals surface area contributed by atoms with E-state index in [0.717, 1.165) is 32.2 Å². The van der Waals surface area contributed by atoms with Crippen LogP contribution in [0.4, 0.5) is 0 Å². The summed E-state index contributed by atoms with van der Waals surface area (Å²) in [6.07, 6.45) is 5.22. The number of benzene rings is 1. The smallest absolute Gasteiger partial charge is 0.306 e. The number of aliphatic carboxylic acids is 1. The van der Waals surface area contributed by atoms with Gasteiger partial charge >= 0.3 is 5.97 Å². The van der Waals surface area contributed by atoms with E-state index in [9.17, 15) is 9.90 Å². The number of carbonyl (C=O) groups is 1. The zero-order valence-electron chi connectivity index (χ0n) is 13.1. The Hall–Kier alpha value is -1.35. The van der Waals surface area contributed by atoms with Crippen LogP contribution in [0.15, 0.2) is 24.3 Å². The Morgan fingerprint density at radius 1 is 1.33 bits per heavy atom. The van der Waals surface area contributed by atoms with Gasteiger partial charge in [0, 0.05) is 6.04 Å². The molecule has 3 atom stereocenters. The highest BCUT2D eigenvalue weighted by atomic mass is 16.4. The second kappa shape index (κ2) is 7.60. The summed E-state index contributed by atoms with van der Waals surface area (Å²) in [6.45, 7) is 5.15. The Labute approximate surface area is 127 Å². The first-order chi connectivity index (χ1) is 10.1. The predicted molar refractivity (Wildman–Crippen MR) is 85.3 cm³/mol. The van der Waals surface area contributed by atoms with E-state index in [4.69, 9.17) is 0 Å². The molecule has 3 nitrogen and oxygen atoms in total. The Morgan fingerprint density at radius 2 is 2.05 bits per heavy atom. The SMILES string of the molecule is CCCc1ccc(C(C)NCC2CCCC2C(=O)O)cc1. The number of nitrogens with one attached hydrogen (secondary N) is 1. The summed E-state index contributed by atoms with van der Waals surface area (Å²) in [7, 11) is 0. The van der Waals surface area contributed by atoms with Gasteiger partial charge in [-0.2, -0.15) is 0 Å². The molecule has 0 bridgehead atoms. The maximum absolute atomic E-state index is 11.2. The molecule has 0 spiro atoms. The lowest BCUT2D eigenvalue weighted by Gasteiger charge is -2.20. The molecule has 3 heteroatoms. The van der Waals surface area contributed by atoms with Gasteiger partial charge in [-0.15, -0.1) is 0 Å². The maximum atomic E-state index is 11.2. The summed E-state index contributed by atoms with van der Waals surface area (Å²) in [5.74, 6) is -0.503. The van der Waals surface area contributed by atoms with Crippen molar-refractivity contribution in [2.24, 2.45) is 11.8 Å². The molecule has 0 aliphatic heterocycles. The molecule has 2 N–H and O–H groups in total. The molecule has 1 aliphatic carbocycles. The molecule has 3 unspecified atom stereocenters. The van der Waals surface area contributed by atoms with E-state index in [0.29, 0.717) is 0 Å². The van der Waals surface area contributed by atoms with Gasteiger partial charge in [0.15, 0.2) is 0 Å². The molecule has 1 fully saturated rings. The van der Waals surface area contributed by atoms with Crippen molar-refractivity contribution in [1.82, 2.24) is 5.32 Å². The molecule has 0 saturated heterocycles. The molecular weight excluding hydrogens is 262 g/mol. The van der Waals surface area contributed by atoms with Gasteiger partial charge in [-0.25, -0.2) is 0 Å². The number of hydrogen-bond acceptors (Lipinski definition) is 2. The Balaban J connectivity index is 1.86. The summed E-state index contributed by atoms with van der Waals surface area (Å²) in [6, 6.07) is 9.05. The topological polar surface area (TPSA) is 49.3 Å². The van der Waals surface area contributed by atoms with Crippen LogP contribution in [0.5, 0.6) is 0 Å². The van der Waals surface area contributed by atoms with Crippen LogP contribution in [0.3, 0.4) is 0 Å². The van der Waals surface area contributed by atoms with Crippen LogP contribution in [-0.2, 0) is 11.2 Å². The quantitative estimate of drug-likeness (QED) is 0.803. The van der Waals surface area contributed by atoms with E-state index in [1.165, 1.54) is 17.5 Å². The number of carboxylic acids is 1. The van der Waals surface area contributed by atoms with Crippen LogP contribution in [0.1, 0.15) is 56.7 Å². The number of carboxylic acid groups (broad SMARTS) is 1. The monoisotopic (exact) mass is 289 g/mol. The van der Waals surface area contributed by atoms with Gasteiger partial charge in [-0.1, -0.05) is 44.0 Å². The zero-order chi connectivity index (χ0) is 15.2. The van der Waals surface area contributed by atoms with Crippen LogP contribution in [0.25, 0.3) is 0 Å². The van der Waals surface area contributed by atoms with Gasteiger partial charge in [-0.05, 0) is 49.8 Å². The Morgan fingerprint density at radius 3 is 2.67 bits per heavy atom. The summed E-state index contributed by atoms with van der Waals surface area (Å²) >= 11 is 0. The van der Waals surface area contributed by atoms with Crippen molar-refractivity contribution in [1.29, 1.82) is 0 Å². The fourth-order valence-corrected chi connectivity index (χ4v) is 3.31. The van der Waals surface area contributed by atoms with Gasteiger partial charge < -0.3 is 10.4 Å². The highest BCUT2D eigenvalue weighted by Gasteiger charge is 2.32. The first-order valence-corrected chi connectivity index (χ1v) is 8.16. The molecule has 1 aromatic rings. The normalized spacial score (nSPS) is 23.1. The van der Waals surface area contributed by atoms with E-state index in [-0.39, 0.29) is 17.9 Å². The van der Waals surface area contributed by atoms with Crippen LogP contribution in [0, 0.1) is 11.8 Å². The first kappa shape index (κ1) is 16.0. The minimum absolute atomic E-state index is 0.156.